The maximum absolute atomic E-state index is 12.2. The molecule has 2 nitrogen and oxygen atoms in total. The Balaban J connectivity index is 1.65. The summed E-state index contributed by atoms with van der Waals surface area (Å²) in [6.45, 7) is 1.96. The molecule has 1 aromatic carbocycles. The number of piperidine rings is 1. The van der Waals surface area contributed by atoms with Crippen LogP contribution in [0.1, 0.15) is 50.5 Å². The first-order chi connectivity index (χ1) is 10.8. The smallest absolute Gasteiger partial charge is 0.222 e. The molecule has 0 N–H and O–H groups in total. The second kappa shape index (κ2) is 10.0. The average molecular weight is 366 g/mol. The molecule has 0 radical (unpaired) electrons. The first kappa shape index (κ1) is 17.5. The van der Waals surface area contributed by atoms with E-state index < -0.39 is 0 Å². The van der Waals surface area contributed by atoms with Crippen molar-refractivity contribution >= 4 is 21.8 Å². The zero-order valence-corrected chi connectivity index (χ0v) is 15.1. The number of alkyl halides is 1. The Hall–Kier alpha value is -0.830. The standard InChI is InChI=1S/C19H28BrNO/c20-16-18(11-7-10-17-8-3-1-4-9-17)12-13-19(22)21-14-5-2-6-15-21/h1,3-4,8-9,18H,2,5-7,10-16H2. The molecule has 1 aliphatic rings. The Labute approximate surface area is 143 Å². The van der Waals surface area contributed by atoms with Crippen LogP contribution in [0, 0.1) is 5.92 Å². The third-order valence-electron chi connectivity index (χ3n) is 4.61. The van der Waals surface area contributed by atoms with Gasteiger partial charge in [-0.1, -0.05) is 46.3 Å². The number of rotatable bonds is 8. The van der Waals surface area contributed by atoms with Crippen molar-refractivity contribution in [2.75, 3.05) is 18.4 Å². The quantitative estimate of drug-likeness (QED) is 0.605. The fourth-order valence-electron chi connectivity index (χ4n) is 3.17. The Bertz CT molecular complexity index is 428. The highest BCUT2D eigenvalue weighted by atomic mass is 79.9. The van der Waals surface area contributed by atoms with Gasteiger partial charge in [0.25, 0.3) is 0 Å². The molecule has 1 heterocycles. The van der Waals surface area contributed by atoms with Crippen LogP contribution < -0.4 is 0 Å². The van der Waals surface area contributed by atoms with E-state index in [1.54, 1.807) is 0 Å². The number of hydrogen-bond acceptors (Lipinski definition) is 1. The summed E-state index contributed by atoms with van der Waals surface area (Å²) in [4.78, 5) is 14.3. The molecule has 0 saturated carbocycles. The molecule has 1 aliphatic heterocycles. The fourth-order valence-corrected chi connectivity index (χ4v) is 3.81. The highest BCUT2D eigenvalue weighted by Crippen LogP contribution is 2.20. The van der Waals surface area contributed by atoms with Gasteiger partial charge in [-0.25, -0.2) is 0 Å². The van der Waals surface area contributed by atoms with Crippen LogP contribution in [-0.2, 0) is 11.2 Å². The van der Waals surface area contributed by atoms with Crippen molar-refractivity contribution < 1.29 is 4.79 Å². The minimum atomic E-state index is 0.369. The summed E-state index contributed by atoms with van der Waals surface area (Å²) in [5.74, 6) is 0.992. The summed E-state index contributed by atoms with van der Waals surface area (Å²) >= 11 is 3.62. The zero-order chi connectivity index (χ0) is 15.6. The van der Waals surface area contributed by atoms with Crippen LogP contribution >= 0.6 is 15.9 Å². The van der Waals surface area contributed by atoms with E-state index in [0.717, 1.165) is 37.7 Å². The van der Waals surface area contributed by atoms with E-state index in [2.05, 4.69) is 51.2 Å². The van der Waals surface area contributed by atoms with Crippen LogP contribution in [0.3, 0.4) is 0 Å². The number of likely N-dealkylation sites (tertiary alicyclic amines) is 1. The van der Waals surface area contributed by atoms with Gasteiger partial charge in [-0.05, 0) is 56.4 Å². The number of aryl methyl sites for hydroxylation is 1. The maximum atomic E-state index is 12.2. The van der Waals surface area contributed by atoms with Gasteiger partial charge in [0.2, 0.25) is 5.91 Å². The monoisotopic (exact) mass is 365 g/mol. The summed E-state index contributed by atoms with van der Waals surface area (Å²) in [6, 6.07) is 10.7. The first-order valence-corrected chi connectivity index (χ1v) is 9.79. The number of amides is 1. The normalized spacial score (nSPS) is 16.5. The minimum absolute atomic E-state index is 0.369. The van der Waals surface area contributed by atoms with Crippen LogP contribution in [0.5, 0.6) is 0 Å². The van der Waals surface area contributed by atoms with E-state index in [4.69, 9.17) is 0 Å². The third-order valence-corrected chi connectivity index (χ3v) is 5.53. The topological polar surface area (TPSA) is 20.3 Å². The molecule has 2 rings (SSSR count). The van der Waals surface area contributed by atoms with Crippen molar-refractivity contribution in [3.05, 3.63) is 35.9 Å². The number of benzene rings is 1. The van der Waals surface area contributed by atoms with Crippen LogP contribution in [0.2, 0.25) is 0 Å². The van der Waals surface area contributed by atoms with Crippen LogP contribution in [0.15, 0.2) is 30.3 Å². The van der Waals surface area contributed by atoms with Gasteiger partial charge in [0, 0.05) is 24.8 Å². The third kappa shape index (κ3) is 6.12. The molecule has 3 heteroatoms. The Morgan fingerprint density at radius 1 is 1.09 bits per heavy atom. The van der Waals surface area contributed by atoms with E-state index in [9.17, 15) is 4.79 Å². The van der Waals surface area contributed by atoms with E-state index in [1.165, 1.54) is 37.7 Å². The number of carbonyl (C=O) groups is 1. The lowest BCUT2D eigenvalue weighted by atomic mass is 9.96. The van der Waals surface area contributed by atoms with Crippen LogP contribution in [0.25, 0.3) is 0 Å². The van der Waals surface area contributed by atoms with E-state index in [-0.39, 0.29) is 0 Å². The lowest BCUT2D eigenvalue weighted by Gasteiger charge is -2.27. The van der Waals surface area contributed by atoms with Crippen molar-refractivity contribution in [2.45, 2.75) is 51.4 Å². The van der Waals surface area contributed by atoms with Gasteiger partial charge in [-0.2, -0.15) is 0 Å². The minimum Gasteiger partial charge on any atom is -0.343 e. The SMILES string of the molecule is O=C(CCC(CBr)CCCc1ccccc1)N1CCCCC1. The van der Waals surface area contributed by atoms with Gasteiger partial charge in [0.15, 0.2) is 0 Å². The van der Waals surface area contributed by atoms with Crippen molar-refractivity contribution in [1.29, 1.82) is 0 Å². The van der Waals surface area contributed by atoms with Crippen LogP contribution in [0.4, 0.5) is 0 Å². The zero-order valence-electron chi connectivity index (χ0n) is 13.5. The summed E-state index contributed by atoms with van der Waals surface area (Å²) in [5.41, 5.74) is 1.42. The van der Waals surface area contributed by atoms with Gasteiger partial charge in [-0.3, -0.25) is 4.79 Å². The van der Waals surface area contributed by atoms with Gasteiger partial charge in [0.05, 0.1) is 0 Å². The largest absolute Gasteiger partial charge is 0.343 e. The van der Waals surface area contributed by atoms with E-state index in [1.807, 2.05) is 0 Å². The highest BCUT2D eigenvalue weighted by molar-refractivity contribution is 9.09. The summed E-state index contributed by atoms with van der Waals surface area (Å²) in [6.07, 6.45) is 8.95. The predicted octanol–water partition coefficient (Wildman–Crippen LogP) is 4.81. The lowest BCUT2D eigenvalue weighted by molar-refractivity contribution is -0.132. The Morgan fingerprint density at radius 3 is 2.50 bits per heavy atom. The van der Waals surface area contributed by atoms with Gasteiger partial charge >= 0.3 is 0 Å². The lowest BCUT2D eigenvalue weighted by Crippen LogP contribution is -2.35. The summed E-state index contributed by atoms with van der Waals surface area (Å²) in [5, 5.41) is 1.01. The maximum Gasteiger partial charge on any atom is 0.222 e. The second-order valence-electron chi connectivity index (χ2n) is 6.38. The molecule has 1 aromatic rings. The average Bonchev–Trinajstić information content (AvgIpc) is 2.59. The molecule has 1 unspecified atom stereocenters. The predicted molar refractivity (Wildman–Crippen MR) is 96.3 cm³/mol. The molecule has 1 fully saturated rings. The fraction of sp³-hybridized carbons (Fsp3) is 0.632. The number of halogens is 1. The molecule has 1 saturated heterocycles. The molecule has 1 atom stereocenters. The molecule has 0 spiro atoms. The molecular formula is C19H28BrNO. The molecule has 122 valence electrons. The van der Waals surface area contributed by atoms with Crippen LogP contribution in [-0.4, -0.2) is 29.2 Å². The second-order valence-corrected chi connectivity index (χ2v) is 7.03. The van der Waals surface area contributed by atoms with Crippen molar-refractivity contribution in [3.63, 3.8) is 0 Å². The van der Waals surface area contributed by atoms with Gasteiger partial charge in [0.1, 0.15) is 0 Å². The van der Waals surface area contributed by atoms with E-state index in [0.29, 0.717) is 11.8 Å². The highest BCUT2D eigenvalue weighted by Gasteiger charge is 2.17. The summed E-state index contributed by atoms with van der Waals surface area (Å²) in [7, 11) is 0. The molecule has 0 aliphatic carbocycles. The summed E-state index contributed by atoms with van der Waals surface area (Å²) < 4.78 is 0. The van der Waals surface area contributed by atoms with Crippen molar-refractivity contribution in [3.8, 4) is 0 Å². The Morgan fingerprint density at radius 2 is 1.82 bits per heavy atom. The van der Waals surface area contributed by atoms with Gasteiger partial charge < -0.3 is 4.90 Å². The van der Waals surface area contributed by atoms with Crippen molar-refractivity contribution in [2.24, 2.45) is 5.92 Å². The molecule has 22 heavy (non-hydrogen) atoms. The Kier molecular flexibility index (Phi) is 8.00. The number of carbonyl (C=O) groups excluding carboxylic acids is 1. The molecular weight excluding hydrogens is 338 g/mol. The van der Waals surface area contributed by atoms with E-state index >= 15 is 0 Å². The molecule has 0 aromatic heterocycles. The number of nitrogens with zero attached hydrogens (tertiary/aromatic N) is 1. The molecule has 0 bridgehead atoms. The first-order valence-electron chi connectivity index (χ1n) is 8.67. The number of hydrogen-bond donors (Lipinski definition) is 0. The molecule has 1 amide bonds. The van der Waals surface area contributed by atoms with Crippen molar-refractivity contribution in [1.82, 2.24) is 4.90 Å². The van der Waals surface area contributed by atoms with Gasteiger partial charge in [-0.15, -0.1) is 0 Å².